The SMILES string of the molecule is Clc1ccc(CNCCCC2CC2)c(Cl)c1. The molecule has 0 aliphatic heterocycles. The van der Waals surface area contributed by atoms with Gasteiger partial charge >= 0.3 is 0 Å². The van der Waals surface area contributed by atoms with Gasteiger partial charge in [-0.3, -0.25) is 0 Å². The monoisotopic (exact) mass is 257 g/mol. The first-order chi connectivity index (χ1) is 7.75. The first-order valence-corrected chi connectivity index (χ1v) is 6.66. The lowest BCUT2D eigenvalue weighted by molar-refractivity contribution is 0.594. The third-order valence-electron chi connectivity index (χ3n) is 2.99. The van der Waals surface area contributed by atoms with E-state index in [-0.39, 0.29) is 0 Å². The van der Waals surface area contributed by atoms with E-state index in [9.17, 15) is 0 Å². The smallest absolute Gasteiger partial charge is 0.0465 e. The molecule has 16 heavy (non-hydrogen) atoms. The van der Waals surface area contributed by atoms with Crippen LogP contribution in [-0.4, -0.2) is 6.54 Å². The van der Waals surface area contributed by atoms with Gasteiger partial charge in [0, 0.05) is 16.6 Å². The zero-order chi connectivity index (χ0) is 11.4. The Kier molecular flexibility index (Phi) is 4.51. The summed E-state index contributed by atoms with van der Waals surface area (Å²) >= 11 is 11.9. The minimum Gasteiger partial charge on any atom is -0.313 e. The summed E-state index contributed by atoms with van der Waals surface area (Å²) in [6.45, 7) is 1.91. The van der Waals surface area contributed by atoms with Crippen LogP contribution in [0.3, 0.4) is 0 Å². The number of hydrogen-bond acceptors (Lipinski definition) is 1. The normalized spacial score (nSPS) is 15.4. The molecule has 2 rings (SSSR count). The Morgan fingerprint density at radius 3 is 2.75 bits per heavy atom. The van der Waals surface area contributed by atoms with E-state index in [4.69, 9.17) is 23.2 Å². The van der Waals surface area contributed by atoms with Crippen LogP contribution in [0.1, 0.15) is 31.2 Å². The summed E-state index contributed by atoms with van der Waals surface area (Å²) in [5, 5.41) is 4.87. The molecule has 0 heterocycles. The van der Waals surface area contributed by atoms with Crippen molar-refractivity contribution in [2.75, 3.05) is 6.54 Å². The van der Waals surface area contributed by atoms with Crippen LogP contribution in [0.5, 0.6) is 0 Å². The number of halogens is 2. The van der Waals surface area contributed by atoms with Crippen LogP contribution in [0.2, 0.25) is 10.0 Å². The Bertz CT molecular complexity index is 348. The molecule has 0 radical (unpaired) electrons. The van der Waals surface area contributed by atoms with Gasteiger partial charge in [0.1, 0.15) is 0 Å². The lowest BCUT2D eigenvalue weighted by atomic mass is 10.2. The van der Waals surface area contributed by atoms with Crippen LogP contribution in [0.4, 0.5) is 0 Å². The Morgan fingerprint density at radius 2 is 2.06 bits per heavy atom. The van der Waals surface area contributed by atoms with Crippen molar-refractivity contribution in [2.45, 2.75) is 32.2 Å². The van der Waals surface area contributed by atoms with E-state index in [1.807, 2.05) is 12.1 Å². The molecule has 1 aromatic rings. The first kappa shape index (κ1) is 12.2. The molecule has 0 spiro atoms. The van der Waals surface area contributed by atoms with Crippen molar-refractivity contribution >= 4 is 23.2 Å². The second kappa shape index (κ2) is 5.90. The molecular formula is C13H17Cl2N. The molecule has 0 atom stereocenters. The van der Waals surface area contributed by atoms with E-state index in [1.54, 1.807) is 6.07 Å². The quantitative estimate of drug-likeness (QED) is 0.751. The highest BCUT2D eigenvalue weighted by molar-refractivity contribution is 6.35. The van der Waals surface area contributed by atoms with E-state index in [0.29, 0.717) is 5.02 Å². The molecule has 88 valence electrons. The molecule has 0 amide bonds. The van der Waals surface area contributed by atoms with Crippen molar-refractivity contribution < 1.29 is 0 Å². The van der Waals surface area contributed by atoms with Crippen molar-refractivity contribution in [3.05, 3.63) is 33.8 Å². The fourth-order valence-electron chi connectivity index (χ4n) is 1.81. The van der Waals surface area contributed by atoms with Crippen LogP contribution in [0.15, 0.2) is 18.2 Å². The van der Waals surface area contributed by atoms with Crippen LogP contribution >= 0.6 is 23.2 Å². The summed E-state index contributed by atoms with van der Waals surface area (Å²) in [6, 6.07) is 5.66. The summed E-state index contributed by atoms with van der Waals surface area (Å²) in [5.74, 6) is 1.03. The van der Waals surface area contributed by atoms with Crippen molar-refractivity contribution in [1.82, 2.24) is 5.32 Å². The van der Waals surface area contributed by atoms with Gasteiger partial charge in [0.2, 0.25) is 0 Å². The van der Waals surface area contributed by atoms with Gasteiger partial charge in [-0.15, -0.1) is 0 Å². The maximum atomic E-state index is 6.08. The van der Waals surface area contributed by atoms with Gasteiger partial charge in [0.15, 0.2) is 0 Å². The van der Waals surface area contributed by atoms with Crippen LogP contribution in [-0.2, 0) is 6.54 Å². The molecule has 0 aromatic heterocycles. The van der Waals surface area contributed by atoms with E-state index >= 15 is 0 Å². The van der Waals surface area contributed by atoms with Crippen LogP contribution in [0.25, 0.3) is 0 Å². The maximum absolute atomic E-state index is 6.08. The molecule has 0 bridgehead atoms. The third kappa shape index (κ3) is 3.97. The number of rotatable bonds is 6. The fourth-order valence-corrected chi connectivity index (χ4v) is 2.29. The summed E-state index contributed by atoms with van der Waals surface area (Å²) in [5.41, 5.74) is 1.12. The molecule has 1 N–H and O–H groups in total. The lowest BCUT2D eigenvalue weighted by Crippen LogP contribution is -2.15. The number of nitrogens with one attached hydrogen (secondary N) is 1. The van der Waals surface area contributed by atoms with E-state index < -0.39 is 0 Å². The highest BCUT2D eigenvalue weighted by atomic mass is 35.5. The molecule has 0 saturated heterocycles. The summed E-state index contributed by atoms with van der Waals surface area (Å²) in [4.78, 5) is 0. The molecule has 0 unspecified atom stereocenters. The molecular weight excluding hydrogens is 241 g/mol. The van der Waals surface area contributed by atoms with E-state index in [0.717, 1.165) is 29.6 Å². The van der Waals surface area contributed by atoms with Crippen LogP contribution < -0.4 is 5.32 Å². The minimum atomic E-state index is 0.697. The van der Waals surface area contributed by atoms with Gasteiger partial charge in [-0.1, -0.05) is 42.1 Å². The van der Waals surface area contributed by atoms with Gasteiger partial charge in [0.25, 0.3) is 0 Å². The molecule has 1 aromatic carbocycles. The summed E-state index contributed by atoms with van der Waals surface area (Å²) < 4.78 is 0. The zero-order valence-electron chi connectivity index (χ0n) is 9.31. The minimum absolute atomic E-state index is 0.697. The molecule has 1 fully saturated rings. The third-order valence-corrected chi connectivity index (χ3v) is 3.58. The first-order valence-electron chi connectivity index (χ1n) is 5.90. The van der Waals surface area contributed by atoms with Gasteiger partial charge in [0.05, 0.1) is 0 Å². The van der Waals surface area contributed by atoms with Gasteiger partial charge in [-0.25, -0.2) is 0 Å². The van der Waals surface area contributed by atoms with Crippen molar-refractivity contribution in [3.8, 4) is 0 Å². The lowest BCUT2D eigenvalue weighted by Gasteiger charge is -2.06. The maximum Gasteiger partial charge on any atom is 0.0465 e. The molecule has 3 heteroatoms. The Morgan fingerprint density at radius 1 is 1.25 bits per heavy atom. The van der Waals surface area contributed by atoms with E-state index in [1.165, 1.54) is 25.7 Å². The Hall–Kier alpha value is -0.240. The van der Waals surface area contributed by atoms with Crippen molar-refractivity contribution in [2.24, 2.45) is 5.92 Å². The Balaban J connectivity index is 1.67. The topological polar surface area (TPSA) is 12.0 Å². The summed E-state index contributed by atoms with van der Waals surface area (Å²) in [6.07, 6.45) is 5.54. The highest BCUT2D eigenvalue weighted by Gasteiger charge is 2.19. The summed E-state index contributed by atoms with van der Waals surface area (Å²) in [7, 11) is 0. The predicted molar refractivity (Wildman–Crippen MR) is 70.1 cm³/mol. The average molecular weight is 258 g/mol. The standard InChI is InChI=1S/C13H17Cl2N/c14-12-6-5-11(13(15)8-12)9-16-7-1-2-10-3-4-10/h5-6,8,10,16H,1-4,7,9H2. The van der Waals surface area contributed by atoms with Gasteiger partial charge in [-0.05, 0) is 43.0 Å². The van der Waals surface area contributed by atoms with Gasteiger partial charge < -0.3 is 5.32 Å². The molecule has 1 nitrogen and oxygen atoms in total. The number of benzene rings is 1. The van der Waals surface area contributed by atoms with Crippen molar-refractivity contribution in [3.63, 3.8) is 0 Å². The highest BCUT2D eigenvalue weighted by Crippen LogP contribution is 2.33. The number of hydrogen-bond donors (Lipinski definition) is 1. The second-order valence-electron chi connectivity index (χ2n) is 4.50. The second-order valence-corrected chi connectivity index (χ2v) is 5.34. The molecule has 1 aliphatic rings. The fraction of sp³-hybridized carbons (Fsp3) is 0.538. The largest absolute Gasteiger partial charge is 0.313 e. The molecule has 1 aliphatic carbocycles. The Labute approximate surface area is 107 Å². The molecule has 1 saturated carbocycles. The van der Waals surface area contributed by atoms with Gasteiger partial charge in [-0.2, -0.15) is 0 Å². The zero-order valence-corrected chi connectivity index (χ0v) is 10.8. The average Bonchev–Trinajstić information content (AvgIpc) is 3.04. The predicted octanol–water partition coefficient (Wildman–Crippen LogP) is 4.27. The van der Waals surface area contributed by atoms with Crippen molar-refractivity contribution in [1.29, 1.82) is 0 Å². The van der Waals surface area contributed by atoms with E-state index in [2.05, 4.69) is 5.32 Å². The van der Waals surface area contributed by atoms with Crippen LogP contribution in [0, 0.1) is 5.92 Å².